The lowest BCUT2D eigenvalue weighted by Crippen LogP contribution is -2.38. The van der Waals surface area contributed by atoms with E-state index >= 15 is 0 Å². The number of carbonyl (C=O) groups excluding carboxylic acids is 2. The fourth-order valence-electron chi connectivity index (χ4n) is 3.19. The molecule has 1 amide bonds. The molecule has 0 unspecified atom stereocenters. The van der Waals surface area contributed by atoms with Crippen LogP contribution in [0.4, 0.5) is 11.5 Å². The monoisotopic (exact) mass is 378 g/mol. The topological polar surface area (TPSA) is 95.3 Å². The molecular weight excluding hydrogens is 356 g/mol. The normalized spacial score (nSPS) is 14.2. The number of nitrogens with zero attached hydrogens (tertiary/aromatic N) is 3. The first-order chi connectivity index (χ1) is 13.6. The van der Waals surface area contributed by atoms with E-state index in [9.17, 15) is 9.59 Å². The van der Waals surface area contributed by atoms with Gasteiger partial charge in [0.15, 0.2) is 0 Å². The smallest absolute Gasteiger partial charge is 0.338 e. The molecule has 0 saturated carbocycles. The van der Waals surface area contributed by atoms with E-state index in [2.05, 4.69) is 21.3 Å². The largest absolute Gasteiger partial charge is 0.462 e. The van der Waals surface area contributed by atoms with Gasteiger partial charge >= 0.3 is 5.97 Å². The number of carbonyl (C=O) groups is 2. The summed E-state index contributed by atoms with van der Waals surface area (Å²) in [6.45, 7) is 3.51. The highest BCUT2D eigenvalue weighted by molar-refractivity contribution is 5.95. The standard InChI is InChI=1S/C21H22N4O3/c1-2-28-21(27)17-4-3-5-18(12-17)24-20(26)16-8-10-25(11-9-16)19-7-6-15(13-22)14-23-19/h3-7,12,14,16H,2,8-11H2,1H3,(H,24,26). The van der Waals surface area contributed by atoms with Crippen LogP contribution in [0.5, 0.6) is 0 Å². The van der Waals surface area contributed by atoms with E-state index in [-0.39, 0.29) is 11.8 Å². The van der Waals surface area contributed by atoms with Crippen molar-refractivity contribution in [2.45, 2.75) is 19.8 Å². The Hall–Kier alpha value is -3.40. The SMILES string of the molecule is CCOC(=O)c1cccc(NC(=O)C2CCN(c3ccc(C#N)cn3)CC2)c1. The molecular formula is C21H22N4O3. The molecule has 28 heavy (non-hydrogen) atoms. The van der Waals surface area contributed by atoms with E-state index in [0.717, 1.165) is 18.9 Å². The number of anilines is 2. The van der Waals surface area contributed by atoms with E-state index in [4.69, 9.17) is 10.00 Å². The van der Waals surface area contributed by atoms with Gasteiger partial charge in [0.25, 0.3) is 0 Å². The van der Waals surface area contributed by atoms with Crippen LogP contribution in [-0.2, 0) is 9.53 Å². The first-order valence-corrected chi connectivity index (χ1v) is 9.30. The number of nitriles is 1. The Morgan fingerprint density at radius 2 is 2.07 bits per heavy atom. The van der Waals surface area contributed by atoms with Gasteiger partial charge in [-0.15, -0.1) is 0 Å². The second-order valence-electron chi connectivity index (χ2n) is 6.57. The lowest BCUT2D eigenvalue weighted by molar-refractivity contribution is -0.120. The molecule has 144 valence electrons. The summed E-state index contributed by atoms with van der Waals surface area (Å²) in [5, 5.41) is 11.8. The lowest BCUT2D eigenvalue weighted by Gasteiger charge is -2.32. The number of benzene rings is 1. The summed E-state index contributed by atoms with van der Waals surface area (Å²) in [5.41, 5.74) is 1.54. The van der Waals surface area contributed by atoms with Gasteiger partial charge in [0.05, 0.1) is 17.7 Å². The molecule has 1 aromatic carbocycles. The molecule has 1 N–H and O–H groups in total. The third-order valence-corrected chi connectivity index (χ3v) is 4.71. The van der Waals surface area contributed by atoms with Crippen molar-refractivity contribution in [2.24, 2.45) is 5.92 Å². The Morgan fingerprint density at radius 1 is 1.29 bits per heavy atom. The summed E-state index contributed by atoms with van der Waals surface area (Å²) >= 11 is 0. The van der Waals surface area contributed by atoms with Crippen LogP contribution < -0.4 is 10.2 Å². The zero-order valence-corrected chi connectivity index (χ0v) is 15.7. The second kappa shape index (κ2) is 9.00. The van der Waals surface area contributed by atoms with Crippen LogP contribution in [0.25, 0.3) is 0 Å². The van der Waals surface area contributed by atoms with Crippen LogP contribution in [-0.4, -0.2) is 36.6 Å². The maximum atomic E-state index is 12.6. The van der Waals surface area contributed by atoms with Crippen molar-refractivity contribution < 1.29 is 14.3 Å². The molecule has 1 aliphatic rings. The second-order valence-corrected chi connectivity index (χ2v) is 6.57. The van der Waals surface area contributed by atoms with Crippen LogP contribution in [0.3, 0.4) is 0 Å². The van der Waals surface area contributed by atoms with Crippen molar-refractivity contribution in [3.05, 3.63) is 53.7 Å². The van der Waals surface area contributed by atoms with Crippen molar-refractivity contribution >= 4 is 23.4 Å². The molecule has 3 rings (SSSR count). The van der Waals surface area contributed by atoms with Crippen LogP contribution in [0.2, 0.25) is 0 Å². The molecule has 2 aromatic rings. The molecule has 1 fully saturated rings. The first-order valence-electron chi connectivity index (χ1n) is 9.30. The number of nitrogens with one attached hydrogen (secondary N) is 1. The lowest BCUT2D eigenvalue weighted by atomic mass is 9.95. The minimum Gasteiger partial charge on any atom is -0.462 e. The van der Waals surface area contributed by atoms with E-state index in [1.54, 1.807) is 43.5 Å². The molecule has 0 radical (unpaired) electrons. The van der Waals surface area contributed by atoms with Gasteiger partial charge in [0, 0.05) is 30.9 Å². The molecule has 7 nitrogen and oxygen atoms in total. The number of ether oxygens (including phenoxy) is 1. The highest BCUT2D eigenvalue weighted by Crippen LogP contribution is 2.23. The number of hydrogen-bond acceptors (Lipinski definition) is 6. The molecule has 0 bridgehead atoms. The highest BCUT2D eigenvalue weighted by Gasteiger charge is 2.25. The highest BCUT2D eigenvalue weighted by atomic mass is 16.5. The maximum absolute atomic E-state index is 12.6. The average molecular weight is 378 g/mol. The minimum absolute atomic E-state index is 0.0477. The molecule has 0 atom stereocenters. The third kappa shape index (κ3) is 4.65. The van der Waals surface area contributed by atoms with Gasteiger partial charge in [-0.1, -0.05) is 6.07 Å². The van der Waals surface area contributed by atoms with Gasteiger partial charge in [-0.05, 0) is 50.1 Å². The summed E-state index contributed by atoms with van der Waals surface area (Å²) in [5.74, 6) is 0.274. The fraction of sp³-hybridized carbons (Fsp3) is 0.333. The number of esters is 1. The van der Waals surface area contributed by atoms with Crippen LogP contribution >= 0.6 is 0 Å². The predicted octanol–water partition coefficient (Wildman–Crippen LogP) is 2.99. The van der Waals surface area contributed by atoms with Crippen molar-refractivity contribution in [3.8, 4) is 6.07 Å². The van der Waals surface area contributed by atoms with Gasteiger partial charge in [-0.2, -0.15) is 5.26 Å². The summed E-state index contributed by atoms with van der Waals surface area (Å²) in [4.78, 5) is 30.9. The quantitative estimate of drug-likeness (QED) is 0.804. The Balaban J connectivity index is 1.56. The van der Waals surface area contributed by atoms with Gasteiger partial charge in [0.1, 0.15) is 11.9 Å². The van der Waals surface area contributed by atoms with Crippen LogP contribution in [0.15, 0.2) is 42.6 Å². The molecule has 2 heterocycles. The van der Waals surface area contributed by atoms with Gasteiger partial charge < -0.3 is 15.0 Å². The van der Waals surface area contributed by atoms with E-state index < -0.39 is 5.97 Å². The van der Waals surface area contributed by atoms with Crippen molar-refractivity contribution in [2.75, 3.05) is 29.9 Å². The molecule has 0 spiro atoms. The maximum Gasteiger partial charge on any atom is 0.338 e. The molecule has 0 aliphatic carbocycles. The third-order valence-electron chi connectivity index (χ3n) is 4.71. The van der Waals surface area contributed by atoms with Crippen LogP contribution in [0, 0.1) is 17.2 Å². The fourth-order valence-corrected chi connectivity index (χ4v) is 3.19. The van der Waals surface area contributed by atoms with E-state index in [1.165, 1.54) is 0 Å². The minimum atomic E-state index is -0.401. The van der Waals surface area contributed by atoms with Gasteiger partial charge in [-0.25, -0.2) is 9.78 Å². The summed E-state index contributed by atoms with van der Waals surface area (Å²) in [7, 11) is 0. The zero-order chi connectivity index (χ0) is 19.9. The first kappa shape index (κ1) is 19.4. The average Bonchev–Trinajstić information content (AvgIpc) is 2.74. The predicted molar refractivity (Wildman–Crippen MR) is 105 cm³/mol. The Morgan fingerprint density at radius 3 is 2.71 bits per heavy atom. The number of piperidine rings is 1. The summed E-state index contributed by atoms with van der Waals surface area (Å²) < 4.78 is 4.99. The molecule has 7 heteroatoms. The zero-order valence-electron chi connectivity index (χ0n) is 15.7. The molecule has 1 aromatic heterocycles. The number of rotatable bonds is 5. The Kier molecular flexibility index (Phi) is 6.22. The van der Waals surface area contributed by atoms with Crippen LogP contribution in [0.1, 0.15) is 35.7 Å². The van der Waals surface area contributed by atoms with Crippen molar-refractivity contribution in [3.63, 3.8) is 0 Å². The summed E-state index contributed by atoms with van der Waals surface area (Å²) in [6.07, 6.45) is 2.99. The van der Waals surface area contributed by atoms with E-state index in [0.29, 0.717) is 36.3 Å². The number of pyridine rings is 1. The molecule has 1 saturated heterocycles. The number of hydrogen-bond donors (Lipinski definition) is 1. The van der Waals surface area contributed by atoms with Crippen molar-refractivity contribution in [1.29, 1.82) is 5.26 Å². The number of amides is 1. The molecule has 1 aliphatic heterocycles. The Labute approximate surface area is 163 Å². The Bertz CT molecular complexity index is 881. The van der Waals surface area contributed by atoms with Gasteiger partial charge in [-0.3, -0.25) is 4.79 Å². The summed E-state index contributed by atoms with van der Waals surface area (Å²) in [6, 6.07) is 12.4. The van der Waals surface area contributed by atoms with Crippen molar-refractivity contribution in [1.82, 2.24) is 4.98 Å². The van der Waals surface area contributed by atoms with Gasteiger partial charge in [0.2, 0.25) is 5.91 Å². The number of aromatic nitrogens is 1. The van der Waals surface area contributed by atoms with E-state index in [1.807, 2.05) is 6.07 Å².